The highest BCUT2D eigenvalue weighted by atomic mass is 15.0. The molecular weight excluding hydrogens is 122 g/mol. The fourth-order valence-electron chi connectivity index (χ4n) is 2.49. The molecule has 1 saturated carbocycles. The second-order valence-electron chi connectivity index (χ2n) is 4.13. The minimum atomic E-state index is 0.878. The van der Waals surface area contributed by atoms with Gasteiger partial charge in [0.2, 0.25) is 0 Å². The molecule has 1 nitrogen and oxygen atoms in total. The Morgan fingerprint density at radius 2 is 1.80 bits per heavy atom. The van der Waals surface area contributed by atoms with Crippen molar-refractivity contribution in [1.82, 2.24) is 5.32 Å². The predicted octanol–water partition coefficient (Wildman–Crippen LogP) is 1.64. The summed E-state index contributed by atoms with van der Waals surface area (Å²) in [6.07, 6.45) is 2.90. The molecule has 1 saturated heterocycles. The Morgan fingerprint density at radius 1 is 1.10 bits per heavy atom. The number of nitrogens with one attached hydrogen (secondary N) is 1. The van der Waals surface area contributed by atoms with Gasteiger partial charge in [-0.2, -0.15) is 0 Å². The van der Waals surface area contributed by atoms with Crippen LogP contribution in [0.5, 0.6) is 0 Å². The summed E-state index contributed by atoms with van der Waals surface area (Å²) in [6, 6.07) is 0.878. The van der Waals surface area contributed by atoms with E-state index in [1.54, 1.807) is 0 Å². The lowest BCUT2D eigenvalue weighted by Crippen LogP contribution is -2.60. The van der Waals surface area contributed by atoms with Crippen LogP contribution in [0.1, 0.15) is 26.7 Å². The van der Waals surface area contributed by atoms with Crippen LogP contribution in [0.15, 0.2) is 0 Å². The fraction of sp³-hybridized carbons (Fsp3) is 1.00. The van der Waals surface area contributed by atoms with E-state index in [9.17, 15) is 0 Å². The molecule has 1 aliphatic heterocycles. The van der Waals surface area contributed by atoms with E-state index in [0.717, 1.165) is 23.8 Å². The van der Waals surface area contributed by atoms with Gasteiger partial charge >= 0.3 is 0 Å². The molecule has 4 atom stereocenters. The molecule has 58 valence electrons. The molecule has 2 rings (SSSR count). The van der Waals surface area contributed by atoms with Crippen molar-refractivity contribution >= 4 is 0 Å². The summed E-state index contributed by atoms with van der Waals surface area (Å²) in [5, 5.41) is 3.53. The van der Waals surface area contributed by atoms with Gasteiger partial charge in [0.1, 0.15) is 0 Å². The zero-order valence-corrected chi connectivity index (χ0v) is 6.93. The van der Waals surface area contributed by atoms with E-state index < -0.39 is 0 Å². The van der Waals surface area contributed by atoms with Crippen LogP contribution in [-0.4, -0.2) is 12.6 Å². The highest BCUT2D eigenvalue weighted by Crippen LogP contribution is 2.37. The molecule has 1 heteroatoms. The van der Waals surface area contributed by atoms with Crippen LogP contribution >= 0.6 is 0 Å². The van der Waals surface area contributed by atoms with E-state index in [2.05, 4.69) is 19.2 Å². The Kier molecular flexibility index (Phi) is 1.48. The summed E-state index contributed by atoms with van der Waals surface area (Å²) in [5.74, 6) is 2.95. The molecule has 1 N–H and O–H groups in total. The van der Waals surface area contributed by atoms with Crippen LogP contribution < -0.4 is 5.32 Å². The van der Waals surface area contributed by atoms with Crippen LogP contribution in [-0.2, 0) is 0 Å². The summed E-state index contributed by atoms with van der Waals surface area (Å²) in [6.45, 7) is 6.08. The van der Waals surface area contributed by atoms with E-state index in [1.807, 2.05) is 0 Å². The van der Waals surface area contributed by atoms with Crippen LogP contribution in [0, 0.1) is 17.8 Å². The maximum Gasteiger partial charge on any atom is 0.0136 e. The third-order valence-electron chi connectivity index (χ3n) is 3.47. The first-order valence-electron chi connectivity index (χ1n) is 4.52. The molecule has 0 aromatic heterocycles. The van der Waals surface area contributed by atoms with Crippen molar-refractivity contribution in [1.29, 1.82) is 0 Å². The van der Waals surface area contributed by atoms with Crippen LogP contribution in [0.4, 0.5) is 0 Å². The van der Waals surface area contributed by atoms with Crippen molar-refractivity contribution in [2.75, 3.05) is 6.54 Å². The topological polar surface area (TPSA) is 12.0 Å². The van der Waals surface area contributed by atoms with Crippen LogP contribution in [0.3, 0.4) is 0 Å². The first-order valence-corrected chi connectivity index (χ1v) is 4.52. The number of hydrogen-bond acceptors (Lipinski definition) is 1. The largest absolute Gasteiger partial charge is 0.313 e. The summed E-state index contributed by atoms with van der Waals surface area (Å²) >= 11 is 0. The summed E-state index contributed by atoms with van der Waals surface area (Å²) in [7, 11) is 0. The van der Waals surface area contributed by atoms with Crippen molar-refractivity contribution in [3.8, 4) is 0 Å². The van der Waals surface area contributed by atoms with Gasteiger partial charge in [0.15, 0.2) is 0 Å². The lowest BCUT2D eigenvalue weighted by Gasteiger charge is -2.49. The van der Waals surface area contributed by atoms with E-state index in [4.69, 9.17) is 0 Å². The molecule has 0 aromatic carbocycles. The van der Waals surface area contributed by atoms with Gasteiger partial charge in [-0.1, -0.05) is 20.3 Å². The number of hydrogen-bond donors (Lipinski definition) is 1. The highest BCUT2D eigenvalue weighted by molar-refractivity contribution is 4.97. The number of rotatable bonds is 0. The van der Waals surface area contributed by atoms with E-state index in [-0.39, 0.29) is 0 Å². The number of fused-ring (bicyclic) bond motifs is 1. The third-order valence-corrected chi connectivity index (χ3v) is 3.47. The average Bonchev–Trinajstić information content (AvgIpc) is 1.78. The predicted molar refractivity (Wildman–Crippen MR) is 42.8 cm³/mol. The van der Waals surface area contributed by atoms with Crippen LogP contribution in [0.2, 0.25) is 0 Å². The molecular formula is C9H17N. The van der Waals surface area contributed by atoms with Crippen molar-refractivity contribution < 1.29 is 0 Å². The second-order valence-corrected chi connectivity index (χ2v) is 4.13. The Bertz CT molecular complexity index is 117. The molecule has 0 amide bonds. The van der Waals surface area contributed by atoms with Gasteiger partial charge in [-0.25, -0.2) is 0 Å². The lowest BCUT2D eigenvalue weighted by atomic mass is 9.67. The molecule has 0 bridgehead atoms. The Labute approximate surface area is 63.2 Å². The van der Waals surface area contributed by atoms with Gasteiger partial charge in [0.05, 0.1) is 0 Å². The highest BCUT2D eigenvalue weighted by Gasteiger charge is 2.40. The fourth-order valence-corrected chi connectivity index (χ4v) is 2.49. The second kappa shape index (κ2) is 2.23. The molecule has 0 aromatic rings. The molecule has 0 radical (unpaired) electrons. The van der Waals surface area contributed by atoms with Gasteiger partial charge in [-0.05, 0) is 30.7 Å². The quantitative estimate of drug-likeness (QED) is 0.538. The summed E-state index contributed by atoms with van der Waals surface area (Å²) < 4.78 is 0. The first-order chi connectivity index (χ1) is 4.79. The molecule has 4 unspecified atom stereocenters. The van der Waals surface area contributed by atoms with Gasteiger partial charge in [0.25, 0.3) is 0 Å². The molecule has 2 fully saturated rings. The standard InChI is InChI=1S/C9H17N/c1-6-3-4-7(2)9-8(6)5-10-9/h6-10H,3-5H2,1-2H3. The van der Waals surface area contributed by atoms with Crippen molar-refractivity contribution in [2.45, 2.75) is 32.7 Å². The Balaban J connectivity index is 2.02. The first kappa shape index (κ1) is 6.66. The Hall–Kier alpha value is -0.0400. The molecule has 1 heterocycles. The van der Waals surface area contributed by atoms with Crippen molar-refractivity contribution in [3.05, 3.63) is 0 Å². The van der Waals surface area contributed by atoms with Gasteiger partial charge in [-0.15, -0.1) is 0 Å². The molecule has 0 spiro atoms. The molecule has 10 heavy (non-hydrogen) atoms. The van der Waals surface area contributed by atoms with E-state index in [0.29, 0.717) is 0 Å². The van der Waals surface area contributed by atoms with Crippen molar-refractivity contribution in [2.24, 2.45) is 17.8 Å². The van der Waals surface area contributed by atoms with E-state index in [1.165, 1.54) is 19.4 Å². The van der Waals surface area contributed by atoms with Crippen LogP contribution in [0.25, 0.3) is 0 Å². The summed E-state index contributed by atoms with van der Waals surface area (Å²) in [4.78, 5) is 0. The third kappa shape index (κ3) is 0.800. The maximum atomic E-state index is 3.53. The normalized spacial score (nSPS) is 53.4. The average molecular weight is 139 g/mol. The SMILES string of the molecule is CC1CCC(C)C2NCC12. The van der Waals surface area contributed by atoms with Crippen molar-refractivity contribution in [3.63, 3.8) is 0 Å². The minimum Gasteiger partial charge on any atom is -0.313 e. The Morgan fingerprint density at radius 3 is 2.30 bits per heavy atom. The maximum absolute atomic E-state index is 3.53. The van der Waals surface area contributed by atoms with Gasteiger partial charge < -0.3 is 5.32 Å². The zero-order valence-electron chi connectivity index (χ0n) is 6.93. The zero-order chi connectivity index (χ0) is 7.14. The molecule has 1 aliphatic carbocycles. The monoisotopic (exact) mass is 139 g/mol. The summed E-state index contributed by atoms with van der Waals surface area (Å²) in [5.41, 5.74) is 0. The van der Waals surface area contributed by atoms with Gasteiger partial charge in [0, 0.05) is 6.04 Å². The molecule has 2 aliphatic rings. The smallest absolute Gasteiger partial charge is 0.0136 e. The minimum absolute atomic E-state index is 0.878. The lowest BCUT2D eigenvalue weighted by molar-refractivity contribution is 0.0640. The van der Waals surface area contributed by atoms with E-state index >= 15 is 0 Å². The van der Waals surface area contributed by atoms with Gasteiger partial charge in [-0.3, -0.25) is 0 Å².